The molecule has 0 radical (unpaired) electrons. The number of hydrogen-bond acceptors (Lipinski definition) is 0. The molecule has 0 aromatic heterocycles. The van der Waals surface area contributed by atoms with Gasteiger partial charge in [-0.3, -0.25) is 0 Å². The highest BCUT2D eigenvalue weighted by molar-refractivity contribution is 5.18. The molecule has 0 spiro atoms. The Morgan fingerprint density at radius 3 is 1.64 bits per heavy atom. The Bertz CT molecular complexity index is 213. The molecule has 0 aromatic carbocycles. The van der Waals surface area contributed by atoms with Gasteiger partial charge >= 0.3 is 6.18 Å². The minimum Gasteiger partial charge on any atom is -0.170 e. The van der Waals surface area contributed by atoms with Crippen LogP contribution in [0.5, 0.6) is 0 Å². The van der Waals surface area contributed by atoms with Gasteiger partial charge in [-0.15, -0.1) is 0 Å². The maximum atomic E-state index is 13.0. The maximum Gasteiger partial charge on any atom is 0.395 e. The summed E-state index contributed by atoms with van der Waals surface area (Å²) in [7, 11) is 0. The average molecular weight is 208 g/mol. The highest BCUT2D eigenvalue weighted by atomic mass is 19.4. The van der Waals surface area contributed by atoms with Gasteiger partial charge in [0, 0.05) is 0 Å². The standard InChI is InChI=1S/C11H19F3/c1-5-9(6-2)7-10(9,8(3)4)11(12,13)14/h8H,5-7H2,1-4H3. The monoisotopic (exact) mass is 208 g/mol. The van der Waals surface area contributed by atoms with Gasteiger partial charge in [-0.2, -0.15) is 13.2 Å². The normalized spacial score (nSPS) is 30.9. The zero-order valence-electron chi connectivity index (χ0n) is 9.33. The van der Waals surface area contributed by atoms with Crippen LogP contribution >= 0.6 is 0 Å². The Labute approximate surface area is 83.9 Å². The lowest BCUT2D eigenvalue weighted by Gasteiger charge is -2.30. The summed E-state index contributed by atoms with van der Waals surface area (Å²) in [5.41, 5.74) is -1.87. The minimum absolute atomic E-state index is 0.303. The van der Waals surface area contributed by atoms with Gasteiger partial charge in [0.15, 0.2) is 0 Å². The van der Waals surface area contributed by atoms with Crippen molar-refractivity contribution in [1.29, 1.82) is 0 Å². The Hall–Kier alpha value is -0.210. The molecule has 14 heavy (non-hydrogen) atoms. The van der Waals surface area contributed by atoms with Gasteiger partial charge in [0.05, 0.1) is 5.41 Å². The van der Waals surface area contributed by atoms with E-state index in [1.54, 1.807) is 13.8 Å². The summed E-state index contributed by atoms with van der Waals surface area (Å²) in [5.74, 6) is -0.303. The van der Waals surface area contributed by atoms with Crippen LogP contribution in [0.3, 0.4) is 0 Å². The zero-order valence-corrected chi connectivity index (χ0v) is 9.33. The molecule has 84 valence electrons. The molecule has 0 amide bonds. The fourth-order valence-corrected chi connectivity index (χ4v) is 3.17. The molecule has 0 bridgehead atoms. The molecule has 0 heterocycles. The van der Waals surface area contributed by atoms with Crippen LogP contribution in [0.15, 0.2) is 0 Å². The van der Waals surface area contributed by atoms with Crippen molar-refractivity contribution in [2.75, 3.05) is 0 Å². The van der Waals surface area contributed by atoms with E-state index in [0.29, 0.717) is 19.3 Å². The lowest BCUT2D eigenvalue weighted by molar-refractivity contribution is -0.213. The first-order chi connectivity index (χ1) is 6.27. The fraction of sp³-hybridized carbons (Fsp3) is 1.00. The SMILES string of the molecule is CCC1(CC)CC1(C(C)C)C(F)(F)F. The molecule has 0 saturated heterocycles. The smallest absolute Gasteiger partial charge is 0.170 e. The molecule has 3 heteroatoms. The van der Waals surface area contributed by atoms with Gasteiger partial charge in [-0.25, -0.2) is 0 Å². The van der Waals surface area contributed by atoms with Crippen molar-refractivity contribution < 1.29 is 13.2 Å². The first kappa shape index (κ1) is 11.9. The second-order valence-electron chi connectivity index (χ2n) is 4.79. The molecule has 1 rings (SSSR count). The van der Waals surface area contributed by atoms with Crippen molar-refractivity contribution >= 4 is 0 Å². The topological polar surface area (TPSA) is 0 Å². The van der Waals surface area contributed by atoms with E-state index >= 15 is 0 Å². The summed E-state index contributed by atoms with van der Waals surface area (Å²) >= 11 is 0. The minimum atomic E-state index is -4.03. The van der Waals surface area contributed by atoms with Crippen LogP contribution in [0.1, 0.15) is 47.0 Å². The second-order valence-corrected chi connectivity index (χ2v) is 4.79. The number of halogens is 3. The third kappa shape index (κ3) is 1.20. The Morgan fingerprint density at radius 2 is 1.57 bits per heavy atom. The van der Waals surface area contributed by atoms with E-state index in [0.717, 1.165) is 0 Å². The summed E-state index contributed by atoms with van der Waals surface area (Å²) in [4.78, 5) is 0. The summed E-state index contributed by atoms with van der Waals surface area (Å²) in [5, 5.41) is 0. The van der Waals surface area contributed by atoms with Gasteiger partial charge in [0.25, 0.3) is 0 Å². The molecule has 1 aliphatic carbocycles. The van der Waals surface area contributed by atoms with Crippen LogP contribution < -0.4 is 0 Å². The molecule has 1 aliphatic rings. The molecular weight excluding hydrogens is 189 g/mol. The van der Waals surface area contributed by atoms with E-state index in [1.807, 2.05) is 13.8 Å². The highest BCUT2D eigenvalue weighted by Crippen LogP contribution is 2.77. The lowest BCUT2D eigenvalue weighted by Crippen LogP contribution is -2.35. The van der Waals surface area contributed by atoms with Crippen molar-refractivity contribution in [1.82, 2.24) is 0 Å². The Balaban J connectivity index is 3.02. The molecule has 0 nitrogen and oxygen atoms in total. The van der Waals surface area contributed by atoms with Crippen molar-refractivity contribution in [3.05, 3.63) is 0 Å². The van der Waals surface area contributed by atoms with E-state index in [2.05, 4.69) is 0 Å². The predicted octanol–water partition coefficient (Wildman–Crippen LogP) is 4.40. The van der Waals surface area contributed by atoms with Crippen LogP contribution in [-0.4, -0.2) is 6.18 Å². The van der Waals surface area contributed by atoms with E-state index in [4.69, 9.17) is 0 Å². The zero-order chi connectivity index (χ0) is 11.2. The summed E-state index contributed by atoms with van der Waals surface area (Å²) < 4.78 is 39.0. The van der Waals surface area contributed by atoms with Gasteiger partial charge in [0.1, 0.15) is 0 Å². The lowest BCUT2D eigenvalue weighted by atomic mass is 9.80. The molecule has 1 atom stereocenters. The van der Waals surface area contributed by atoms with E-state index in [1.165, 1.54) is 0 Å². The fourth-order valence-electron chi connectivity index (χ4n) is 3.17. The van der Waals surface area contributed by atoms with Crippen molar-refractivity contribution in [2.45, 2.75) is 53.1 Å². The largest absolute Gasteiger partial charge is 0.395 e. The van der Waals surface area contributed by atoms with Crippen LogP contribution in [0.25, 0.3) is 0 Å². The summed E-state index contributed by atoms with van der Waals surface area (Å²) in [6.07, 6.45) is -2.43. The average Bonchev–Trinajstić information content (AvgIpc) is 2.74. The molecule has 0 aromatic rings. The Kier molecular flexibility index (Phi) is 2.66. The van der Waals surface area contributed by atoms with Crippen molar-refractivity contribution in [3.63, 3.8) is 0 Å². The third-order valence-corrected chi connectivity index (χ3v) is 4.28. The second kappa shape index (κ2) is 3.14. The summed E-state index contributed by atoms with van der Waals surface area (Å²) in [6.45, 7) is 7.14. The Morgan fingerprint density at radius 1 is 1.14 bits per heavy atom. The van der Waals surface area contributed by atoms with Gasteiger partial charge < -0.3 is 0 Å². The molecule has 0 N–H and O–H groups in total. The van der Waals surface area contributed by atoms with Crippen molar-refractivity contribution in [3.8, 4) is 0 Å². The summed E-state index contributed by atoms with van der Waals surface area (Å²) in [6, 6.07) is 0. The quantitative estimate of drug-likeness (QED) is 0.644. The van der Waals surface area contributed by atoms with Crippen LogP contribution in [0.2, 0.25) is 0 Å². The van der Waals surface area contributed by atoms with Crippen molar-refractivity contribution in [2.24, 2.45) is 16.7 Å². The molecule has 1 fully saturated rings. The highest BCUT2D eigenvalue weighted by Gasteiger charge is 2.78. The maximum absolute atomic E-state index is 13.0. The number of hydrogen-bond donors (Lipinski definition) is 0. The molecule has 1 saturated carbocycles. The number of rotatable bonds is 3. The van der Waals surface area contributed by atoms with Crippen LogP contribution in [0, 0.1) is 16.7 Å². The first-order valence-electron chi connectivity index (χ1n) is 5.34. The van der Waals surface area contributed by atoms with Gasteiger partial charge in [0.2, 0.25) is 0 Å². The molecule has 1 unspecified atom stereocenters. The molecular formula is C11H19F3. The van der Waals surface area contributed by atoms with Crippen LogP contribution in [-0.2, 0) is 0 Å². The van der Waals surface area contributed by atoms with Gasteiger partial charge in [-0.1, -0.05) is 27.7 Å². The van der Waals surface area contributed by atoms with Crippen LogP contribution in [0.4, 0.5) is 13.2 Å². The number of alkyl halides is 3. The molecule has 0 aliphatic heterocycles. The van der Waals surface area contributed by atoms with Gasteiger partial charge in [-0.05, 0) is 30.6 Å². The third-order valence-electron chi connectivity index (χ3n) is 4.28. The van der Waals surface area contributed by atoms with E-state index < -0.39 is 17.0 Å². The predicted molar refractivity (Wildman–Crippen MR) is 51.0 cm³/mol. The van der Waals surface area contributed by atoms with E-state index in [9.17, 15) is 13.2 Å². The van der Waals surface area contributed by atoms with E-state index in [-0.39, 0.29) is 5.92 Å². The first-order valence-corrected chi connectivity index (χ1v) is 5.34.